The van der Waals surface area contributed by atoms with Crippen molar-refractivity contribution in [2.45, 2.75) is 16.7 Å². The van der Waals surface area contributed by atoms with Gasteiger partial charge in [-0.15, -0.1) is 0 Å². The van der Waals surface area contributed by atoms with Crippen molar-refractivity contribution in [2.24, 2.45) is 0 Å². The van der Waals surface area contributed by atoms with E-state index in [9.17, 15) is 4.79 Å². The molecule has 1 amide bonds. The van der Waals surface area contributed by atoms with Gasteiger partial charge in [-0.3, -0.25) is 4.90 Å². The molecule has 0 unspecified atom stereocenters. The second-order valence-corrected chi connectivity index (χ2v) is 6.04. The maximum absolute atomic E-state index is 11.1. The second kappa shape index (κ2) is 7.42. The number of rotatable bonds is 5. The lowest BCUT2D eigenvalue weighted by molar-refractivity contribution is 0.203. The average molecular weight is 338 g/mol. The first kappa shape index (κ1) is 16.5. The molecule has 0 aromatic heterocycles. The Balaban J connectivity index is 2.28. The SMILES string of the molecule is CCOc1cc(Sc2ccc(Cl)cc2)ccc1N(C)C(=O)O. The zero-order valence-corrected chi connectivity index (χ0v) is 13.8. The monoisotopic (exact) mass is 337 g/mol. The molecule has 116 valence electrons. The van der Waals surface area contributed by atoms with E-state index in [1.807, 2.05) is 43.3 Å². The predicted molar refractivity (Wildman–Crippen MR) is 89.6 cm³/mol. The summed E-state index contributed by atoms with van der Waals surface area (Å²) in [4.78, 5) is 14.3. The molecule has 2 rings (SSSR count). The van der Waals surface area contributed by atoms with Crippen molar-refractivity contribution >= 4 is 35.1 Å². The first-order valence-electron chi connectivity index (χ1n) is 6.68. The molecule has 6 heteroatoms. The van der Waals surface area contributed by atoms with Gasteiger partial charge < -0.3 is 9.84 Å². The van der Waals surface area contributed by atoms with Crippen LogP contribution in [-0.4, -0.2) is 24.9 Å². The van der Waals surface area contributed by atoms with Crippen molar-refractivity contribution in [2.75, 3.05) is 18.6 Å². The quantitative estimate of drug-likeness (QED) is 0.833. The summed E-state index contributed by atoms with van der Waals surface area (Å²) in [6.07, 6.45) is -1.03. The standard InChI is InChI=1S/C16H16ClNO3S/c1-3-21-15-10-13(8-9-14(15)18(2)16(19)20)22-12-6-4-11(17)5-7-12/h4-10H,3H2,1-2H3,(H,19,20). The van der Waals surface area contributed by atoms with E-state index in [-0.39, 0.29) is 0 Å². The van der Waals surface area contributed by atoms with E-state index in [0.29, 0.717) is 23.1 Å². The van der Waals surface area contributed by atoms with Crippen molar-refractivity contribution in [3.63, 3.8) is 0 Å². The number of carboxylic acid groups (broad SMARTS) is 1. The minimum Gasteiger partial charge on any atom is -0.492 e. The van der Waals surface area contributed by atoms with Gasteiger partial charge in [0.1, 0.15) is 5.75 Å². The molecule has 1 N–H and O–H groups in total. The van der Waals surface area contributed by atoms with Crippen LogP contribution in [0.25, 0.3) is 0 Å². The molecule has 4 nitrogen and oxygen atoms in total. The van der Waals surface area contributed by atoms with Crippen molar-refractivity contribution in [1.82, 2.24) is 0 Å². The molecule has 0 fully saturated rings. The molecule has 0 saturated heterocycles. The van der Waals surface area contributed by atoms with E-state index < -0.39 is 6.09 Å². The summed E-state index contributed by atoms with van der Waals surface area (Å²) in [7, 11) is 1.49. The molecular formula is C16H16ClNO3S. The maximum atomic E-state index is 11.1. The van der Waals surface area contributed by atoms with Gasteiger partial charge >= 0.3 is 6.09 Å². The van der Waals surface area contributed by atoms with E-state index in [2.05, 4.69) is 0 Å². The third-order valence-corrected chi connectivity index (χ3v) is 4.18. The zero-order chi connectivity index (χ0) is 16.1. The Morgan fingerprint density at radius 3 is 2.45 bits per heavy atom. The lowest BCUT2D eigenvalue weighted by atomic mass is 10.2. The molecule has 0 spiro atoms. The lowest BCUT2D eigenvalue weighted by Gasteiger charge is -2.18. The number of ether oxygens (including phenoxy) is 1. The fourth-order valence-electron chi connectivity index (χ4n) is 1.85. The van der Waals surface area contributed by atoms with Gasteiger partial charge in [0, 0.05) is 21.9 Å². The summed E-state index contributed by atoms with van der Waals surface area (Å²) >= 11 is 7.44. The summed E-state index contributed by atoms with van der Waals surface area (Å²) in [5, 5.41) is 9.80. The number of carbonyl (C=O) groups is 1. The first-order valence-corrected chi connectivity index (χ1v) is 7.87. The van der Waals surface area contributed by atoms with Gasteiger partial charge in [-0.25, -0.2) is 4.79 Å². The Morgan fingerprint density at radius 2 is 1.86 bits per heavy atom. The Morgan fingerprint density at radius 1 is 1.23 bits per heavy atom. The Hall–Kier alpha value is -1.85. The molecule has 0 atom stereocenters. The largest absolute Gasteiger partial charge is 0.492 e. The summed E-state index contributed by atoms with van der Waals surface area (Å²) in [6.45, 7) is 2.33. The van der Waals surface area contributed by atoms with Crippen LogP contribution in [0, 0.1) is 0 Å². The van der Waals surface area contributed by atoms with Gasteiger partial charge in [0.05, 0.1) is 12.3 Å². The maximum Gasteiger partial charge on any atom is 0.411 e. The number of halogens is 1. The molecule has 0 aliphatic carbocycles. The van der Waals surface area contributed by atoms with Gasteiger partial charge in [0.15, 0.2) is 0 Å². The normalized spacial score (nSPS) is 10.3. The average Bonchev–Trinajstić information content (AvgIpc) is 2.49. The summed E-state index contributed by atoms with van der Waals surface area (Å²) in [5.41, 5.74) is 0.523. The topological polar surface area (TPSA) is 49.8 Å². The van der Waals surface area contributed by atoms with Crippen LogP contribution in [0.4, 0.5) is 10.5 Å². The number of anilines is 1. The summed E-state index contributed by atoms with van der Waals surface area (Å²) < 4.78 is 5.57. The van der Waals surface area contributed by atoms with Gasteiger partial charge in [-0.2, -0.15) is 0 Å². The minimum atomic E-state index is -1.03. The van der Waals surface area contributed by atoms with Crippen LogP contribution >= 0.6 is 23.4 Å². The van der Waals surface area contributed by atoms with E-state index in [1.165, 1.54) is 7.05 Å². The van der Waals surface area contributed by atoms with Crippen LogP contribution in [0.15, 0.2) is 52.3 Å². The lowest BCUT2D eigenvalue weighted by Crippen LogP contribution is -2.24. The van der Waals surface area contributed by atoms with Crippen LogP contribution in [0.1, 0.15) is 6.92 Å². The van der Waals surface area contributed by atoms with E-state index in [4.69, 9.17) is 21.4 Å². The molecule has 2 aromatic rings. The Bertz CT molecular complexity index is 661. The highest BCUT2D eigenvalue weighted by Gasteiger charge is 2.15. The van der Waals surface area contributed by atoms with Crippen LogP contribution < -0.4 is 9.64 Å². The van der Waals surface area contributed by atoms with Gasteiger partial charge in [0.2, 0.25) is 0 Å². The van der Waals surface area contributed by atoms with Gasteiger partial charge in [-0.05, 0) is 49.4 Å². The first-order chi connectivity index (χ1) is 10.5. The van der Waals surface area contributed by atoms with Gasteiger partial charge in [0.25, 0.3) is 0 Å². The van der Waals surface area contributed by atoms with Crippen molar-refractivity contribution in [1.29, 1.82) is 0 Å². The van der Waals surface area contributed by atoms with Crippen LogP contribution in [0.2, 0.25) is 5.02 Å². The molecule has 0 aliphatic heterocycles. The number of amides is 1. The number of hydrogen-bond donors (Lipinski definition) is 1. The molecule has 0 bridgehead atoms. The molecule has 22 heavy (non-hydrogen) atoms. The smallest absolute Gasteiger partial charge is 0.411 e. The zero-order valence-electron chi connectivity index (χ0n) is 12.2. The Labute approximate surface area is 138 Å². The number of benzene rings is 2. The second-order valence-electron chi connectivity index (χ2n) is 4.46. The third kappa shape index (κ3) is 4.08. The fraction of sp³-hybridized carbons (Fsp3) is 0.188. The van der Waals surface area contributed by atoms with Crippen molar-refractivity contribution in [3.05, 3.63) is 47.5 Å². The molecule has 0 aliphatic rings. The fourth-order valence-corrected chi connectivity index (χ4v) is 2.82. The van der Waals surface area contributed by atoms with Crippen LogP contribution in [0.3, 0.4) is 0 Å². The van der Waals surface area contributed by atoms with E-state index in [0.717, 1.165) is 14.7 Å². The van der Waals surface area contributed by atoms with Crippen LogP contribution in [0.5, 0.6) is 5.75 Å². The molecule has 0 heterocycles. The molecule has 2 aromatic carbocycles. The molecule has 0 radical (unpaired) electrons. The van der Waals surface area contributed by atoms with Gasteiger partial charge in [-0.1, -0.05) is 23.4 Å². The predicted octanol–water partition coefficient (Wildman–Crippen LogP) is 5.00. The van der Waals surface area contributed by atoms with Crippen LogP contribution in [-0.2, 0) is 0 Å². The third-order valence-electron chi connectivity index (χ3n) is 2.93. The van der Waals surface area contributed by atoms with Crippen molar-refractivity contribution < 1.29 is 14.6 Å². The summed E-state index contributed by atoms with van der Waals surface area (Å²) in [6, 6.07) is 13.0. The highest BCUT2D eigenvalue weighted by molar-refractivity contribution is 7.99. The van der Waals surface area contributed by atoms with E-state index >= 15 is 0 Å². The van der Waals surface area contributed by atoms with Crippen molar-refractivity contribution in [3.8, 4) is 5.75 Å². The molecular weight excluding hydrogens is 322 g/mol. The summed E-state index contributed by atoms with van der Waals surface area (Å²) in [5.74, 6) is 0.548. The number of nitrogens with zero attached hydrogens (tertiary/aromatic N) is 1. The molecule has 0 saturated carbocycles. The highest BCUT2D eigenvalue weighted by Crippen LogP contribution is 2.36. The Kier molecular flexibility index (Phi) is 5.57. The minimum absolute atomic E-state index is 0.468. The van der Waals surface area contributed by atoms with E-state index in [1.54, 1.807) is 17.8 Å². The number of hydrogen-bond acceptors (Lipinski definition) is 3. The highest BCUT2D eigenvalue weighted by atomic mass is 35.5.